The Morgan fingerprint density at radius 1 is 1.11 bits per heavy atom. The molecule has 2 spiro atoms. The first-order valence-corrected chi connectivity index (χ1v) is 14.9. The number of aliphatic hydroxyl groups is 2. The lowest BCUT2D eigenvalue weighted by Gasteiger charge is -2.61. The molecule has 212 valence electrons. The second kappa shape index (κ2) is 8.99. The smallest absolute Gasteiger partial charge is 0.302 e. The highest BCUT2D eigenvalue weighted by molar-refractivity contribution is 5.98. The van der Waals surface area contributed by atoms with Gasteiger partial charge < -0.3 is 14.9 Å². The molecule has 0 heterocycles. The summed E-state index contributed by atoms with van der Waals surface area (Å²) in [4.78, 5) is 38.2. The van der Waals surface area contributed by atoms with Crippen molar-refractivity contribution in [1.82, 2.24) is 0 Å². The molecule has 5 aliphatic rings. The average molecular weight is 529 g/mol. The SMILES string of the molecule is C=C(C(=O)[C@@H](O)[C@H](C)[C@@H]1[C@H](OC(C)=O)C[C@]2(C)C3CC[C@@H]4[C@@H](C)C(=O)CC[C@]45C[C@]35CC[C@@]12C)[C@H](C)CO. The second-order valence-corrected chi connectivity index (χ2v) is 14.5. The van der Waals surface area contributed by atoms with E-state index in [9.17, 15) is 24.6 Å². The van der Waals surface area contributed by atoms with Crippen LogP contribution in [0.2, 0.25) is 0 Å². The van der Waals surface area contributed by atoms with Gasteiger partial charge in [-0.15, -0.1) is 0 Å². The molecule has 1 unspecified atom stereocenters. The molecule has 5 rings (SSSR count). The molecule has 0 amide bonds. The van der Waals surface area contributed by atoms with Gasteiger partial charge in [0.2, 0.25) is 0 Å². The summed E-state index contributed by atoms with van der Waals surface area (Å²) in [6, 6.07) is 0. The van der Waals surface area contributed by atoms with Crippen LogP contribution in [0.5, 0.6) is 0 Å². The zero-order chi connectivity index (χ0) is 28.0. The highest BCUT2D eigenvalue weighted by Gasteiger charge is 2.82. The van der Waals surface area contributed by atoms with Crippen molar-refractivity contribution in [2.24, 2.45) is 57.2 Å². The van der Waals surface area contributed by atoms with Crippen LogP contribution in [0.1, 0.15) is 92.9 Å². The maximum atomic E-state index is 13.2. The van der Waals surface area contributed by atoms with Crippen molar-refractivity contribution in [2.45, 2.75) is 105 Å². The van der Waals surface area contributed by atoms with Crippen LogP contribution in [0.25, 0.3) is 0 Å². The molecule has 0 aromatic rings. The number of carbonyl (C=O) groups excluding carboxylic acids is 3. The first-order valence-electron chi connectivity index (χ1n) is 14.9. The van der Waals surface area contributed by atoms with Crippen LogP contribution >= 0.6 is 0 Å². The van der Waals surface area contributed by atoms with E-state index in [4.69, 9.17) is 4.74 Å². The Hall–Kier alpha value is -1.53. The molecular weight excluding hydrogens is 480 g/mol. The van der Waals surface area contributed by atoms with Gasteiger partial charge in [-0.1, -0.05) is 41.2 Å². The van der Waals surface area contributed by atoms with Crippen molar-refractivity contribution in [2.75, 3.05) is 6.61 Å². The standard InChI is InChI=1S/C32H48O6/c1-17(15-33)18(2)27(36)28(37)20(4)26-24(38-21(5)34)14-30(7)25-9-8-22-19(3)23(35)10-11-31(22)16-32(25,31)13-12-29(26,30)6/h17,19-20,22,24-26,28,33,37H,2,8-16H2,1,3-7H3/t17-,19-,20-,22-,24-,25?,26-,28+,29+,30-,31+,32-/m1/s1. The first-order chi connectivity index (χ1) is 17.7. The first kappa shape index (κ1) is 28.0. The Balaban J connectivity index is 1.49. The fourth-order valence-electron chi connectivity index (χ4n) is 11.1. The molecule has 6 nitrogen and oxygen atoms in total. The number of hydrogen-bond acceptors (Lipinski definition) is 6. The van der Waals surface area contributed by atoms with E-state index < -0.39 is 23.7 Å². The van der Waals surface area contributed by atoms with Gasteiger partial charge in [-0.2, -0.15) is 0 Å². The Labute approximate surface area is 228 Å². The lowest BCUT2D eigenvalue weighted by atomic mass is 9.43. The summed E-state index contributed by atoms with van der Waals surface area (Å²) in [5, 5.41) is 20.9. The van der Waals surface area contributed by atoms with Gasteiger partial charge in [0.1, 0.15) is 18.0 Å². The fraction of sp³-hybridized carbons (Fsp3) is 0.844. The summed E-state index contributed by atoms with van der Waals surface area (Å²) >= 11 is 0. The second-order valence-electron chi connectivity index (χ2n) is 14.5. The molecule has 2 N–H and O–H groups in total. The van der Waals surface area contributed by atoms with Gasteiger partial charge >= 0.3 is 5.97 Å². The molecule has 38 heavy (non-hydrogen) atoms. The Bertz CT molecular complexity index is 1050. The van der Waals surface area contributed by atoms with Gasteiger partial charge in [0, 0.05) is 37.7 Å². The molecule has 5 fully saturated rings. The van der Waals surface area contributed by atoms with E-state index in [0.29, 0.717) is 24.0 Å². The number of Topliss-reactive ketones (excluding diaryl/α,β-unsaturated/α-hetero) is 2. The minimum absolute atomic E-state index is 0.0956. The molecule has 0 radical (unpaired) electrons. The number of carbonyl (C=O) groups is 3. The summed E-state index contributed by atoms with van der Waals surface area (Å²) in [6.07, 6.45) is 6.33. The van der Waals surface area contributed by atoms with Crippen molar-refractivity contribution in [3.63, 3.8) is 0 Å². The number of ether oxygens (including phenoxy) is 1. The quantitative estimate of drug-likeness (QED) is 0.360. The predicted molar refractivity (Wildman–Crippen MR) is 144 cm³/mol. The molecule has 12 atom stereocenters. The topological polar surface area (TPSA) is 101 Å². The van der Waals surface area contributed by atoms with Crippen molar-refractivity contribution in [3.05, 3.63) is 12.2 Å². The van der Waals surface area contributed by atoms with Crippen LogP contribution in [0.3, 0.4) is 0 Å². The molecule has 5 saturated carbocycles. The van der Waals surface area contributed by atoms with E-state index in [2.05, 4.69) is 27.4 Å². The highest BCUT2D eigenvalue weighted by atomic mass is 16.5. The minimum atomic E-state index is -1.26. The van der Waals surface area contributed by atoms with Gasteiger partial charge in [-0.3, -0.25) is 14.4 Å². The zero-order valence-electron chi connectivity index (χ0n) is 24.2. The minimum Gasteiger partial charge on any atom is -0.462 e. The maximum Gasteiger partial charge on any atom is 0.302 e. The monoisotopic (exact) mass is 528 g/mol. The molecule has 5 aliphatic carbocycles. The Kier molecular flexibility index (Phi) is 6.63. The summed E-state index contributed by atoms with van der Waals surface area (Å²) in [5.74, 6) is -0.176. The zero-order valence-corrected chi connectivity index (χ0v) is 24.2. The lowest BCUT2D eigenvalue weighted by Crippen LogP contribution is -2.56. The average Bonchev–Trinajstić information content (AvgIpc) is 3.48. The maximum absolute atomic E-state index is 13.2. The number of ketones is 2. The van der Waals surface area contributed by atoms with Gasteiger partial charge in [0.05, 0.1) is 0 Å². The van der Waals surface area contributed by atoms with Crippen molar-refractivity contribution in [1.29, 1.82) is 0 Å². The van der Waals surface area contributed by atoms with Crippen LogP contribution < -0.4 is 0 Å². The Morgan fingerprint density at radius 2 is 1.79 bits per heavy atom. The largest absolute Gasteiger partial charge is 0.462 e. The van der Waals surface area contributed by atoms with Crippen molar-refractivity contribution < 1.29 is 29.3 Å². The molecule has 6 heteroatoms. The van der Waals surface area contributed by atoms with Gasteiger partial charge in [0.15, 0.2) is 5.78 Å². The third-order valence-electron chi connectivity index (χ3n) is 13.3. The third-order valence-corrected chi connectivity index (χ3v) is 13.3. The number of hydrogen-bond donors (Lipinski definition) is 2. The van der Waals surface area contributed by atoms with Crippen LogP contribution in [0.4, 0.5) is 0 Å². The number of aliphatic hydroxyl groups excluding tert-OH is 2. The molecular formula is C32H48O6. The molecule has 0 aliphatic heterocycles. The predicted octanol–water partition coefficient (Wildman–Crippen LogP) is 4.90. The normalized spacial score (nSPS) is 47.5. The molecule has 0 saturated heterocycles. The van der Waals surface area contributed by atoms with Gasteiger partial charge in [-0.25, -0.2) is 0 Å². The van der Waals surface area contributed by atoms with Gasteiger partial charge in [0.25, 0.3) is 0 Å². The number of esters is 1. The third kappa shape index (κ3) is 3.47. The van der Waals surface area contributed by atoms with E-state index in [-0.39, 0.29) is 57.7 Å². The van der Waals surface area contributed by atoms with Crippen molar-refractivity contribution >= 4 is 17.5 Å². The van der Waals surface area contributed by atoms with E-state index >= 15 is 0 Å². The molecule has 0 aromatic heterocycles. The van der Waals surface area contributed by atoms with E-state index in [1.54, 1.807) is 6.92 Å². The summed E-state index contributed by atoms with van der Waals surface area (Å²) in [5.41, 5.74) is 0.477. The van der Waals surface area contributed by atoms with E-state index in [0.717, 1.165) is 38.5 Å². The van der Waals surface area contributed by atoms with E-state index in [1.807, 2.05) is 6.92 Å². The lowest BCUT2D eigenvalue weighted by molar-refractivity contribution is -0.157. The van der Waals surface area contributed by atoms with Crippen LogP contribution in [0, 0.1) is 57.2 Å². The number of fused-ring (bicyclic) bond motifs is 2. The van der Waals surface area contributed by atoms with Crippen molar-refractivity contribution in [3.8, 4) is 0 Å². The van der Waals surface area contributed by atoms with Crippen LogP contribution in [-0.2, 0) is 19.1 Å². The highest BCUT2D eigenvalue weighted by Crippen LogP contribution is 2.88. The van der Waals surface area contributed by atoms with Crippen LogP contribution in [0.15, 0.2) is 12.2 Å². The van der Waals surface area contributed by atoms with Gasteiger partial charge in [-0.05, 0) is 89.9 Å². The number of rotatable bonds is 7. The summed E-state index contributed by atoms with van der Waals surface area (Å²) in [7, 11) is 0. The fourth-order valence-corrected chi connectivity index (χ4v) is 11.1. The Morgan fingerprint density at radius 3 is 2.42 bits per heavy atom. The van der Waals surface area contributed by atoms with Crippen LogP contribution in [-0.4, -0.2) is 46.6 Å². The summed E-state index contributed by atoms with van der Waals surface area (Å²) < 4.78 is 6.02. The summed E-state index contributed by atoms with van der Waals surface area (Å²) in [6.45, 7) is 15.7. The molecule has 0 bridgehead atoms. The molecule has 0 aromatic carbocycles. The van der Waals surface area contributed by atoms with E-state index in [1.165, 1.54) is 13.3 Å².